The lowest BCUT2D eigenvalue weighted by Gasteiger charge is -2.13. The van der Waals surface area contributed by atoms with Crippen molar-refractivity contribution in [2.24, 2.45) is 4.99 Å². The zero-order chi connectivity index (χ0) is 25.8. The number of fused-ring (bicyclic) bond motifs is 2. The summed E-state index contributed by atoms with van der Waals surface area (Å²) in [5.74, 6) is -0.759. The van der Waals surface area contributed by atoms with Gasteiger partial charge in [-0.3, -0.25) is 24.1 Å². The second-order valence-corrected chi connectivity index (χ2v) is 7.95. The summed E-state index contributed by atoms with van der Waals surface area (Å²) in [7, 11) is 0. The highest BCUT2D eigenvalue weighted by atomic mass is 16.6. The van der Waals surface area contributed by atoms with Gasteiger partial charge in [-0.25, -0.2) is 4.98 Å². The first kappa shape index (κ1) is 24.4. The highest BCUT2D eigenvalue weighted by Crippen LogP contribution is 2.20. The quantitative estimate of drug-likeness (QED) is 0.169. The Morgan fingerprint density at radius 3 is 2.81 bits per heavy atom. The number of nitrogens with zero attached hydrogens (tertiary/aromatic N) is 6. The first-order chi connectivity index (χ1) is 17.3. The van der Waals surface area contributed by atoms with Gasteiger partial charge in [0.25, 0.3) is 17.2 Å². The number of rotatable bonds is 7. The van der Waals surface area contributed by atoms with Gasteiger partial charge >= 0.3 is 0 Å². The molecule has 0 saturated carbocycles. The molecule has 3 heterocycles. The van der Waals surface area contributed by atoms with E-state index in [-0.39, 0.29) is 45.4 Å². The molecule has 0 aliphatic rings. The fraction of sp³-hybridized carbons (Fsp3) is 0.240. The van der Waals surface area contributed by atoms with Crippen LogP contribution in [0.15, 0.2) is 58.4 Å². The fourth-order valence-corrected chi connectivity index (χ4v) is 3.86. The highest BCUT2D eigenvalue weighted by Gasteiger charge is 2.18. The molecular weight excluding hydrogens is 464 g/mol. The standard InChI is InChI=1S/C25H22N6O5/c1-3-36-12-6-11-30-22(28-24(32)17-9-8-16(2)20(14-17)31(34)35)18(15-26)13-19-23(30)27-21-7-4-5-10-29(21)25(19)33/h4-5,7-10,13-14H,3,6,11-12H2,1-2H3. The van der Waals surface area contributed by atoms with Gasteiger partial charge in [-0.1, -0.05) is 12.1 Å². The Morgan fingerprint density at radius 2 is 2.08 bits per heavy atom. The van der Waals surface area contributed by atoms with Crippen LogP contribution >= 0.6 is 0 Å². The molecule has 0 N–H and O–H groups in total. The maximum absolute atomic E-state index is 13.2. The molecule has 4 rings (SSSR count). The van der Waals surface area contributed by atoms with Crippen molar-refractivity contribution in [3.8, 4) is 6.07 Å². The Kier molecular flexibility index (Phi) is 6.98. The topological polar surface area (TPSA) is 145 Å². The second kappa shape index (κ2) is 10.3. The summed E-state index contributed by atoms with van der Waals surface area (Å²) in [6.07, 6.45) is 2.09. The van der Waals surface area contributed by atoms with Gasteiger partial charge in [-0.05, 0) is 44.5 Å². The van der Waals surface area contributed by atoms with Crippen molar-refractivity contribution < 1.29 is 14.5 Å². The molecule has 0 fully saturated rings. The number of benzene rings is 1. The maximum Gasteiger partial charge on any atom is 0.279 e. The minimum Gasteiger partial charge on any atom is -0.382 e. The molecule has 0 unspecified atom stereocenters. The van der Waals surface area contributed by atoms with Crippen LogP contribution < -0.4 is 11.0 Å². The minimum absolute atomic E-state index is 0.00338. The van der Waals surface area contributed by atoms with E-state index >= 15 is 0 Å². The number of aromatic nitrogens is 3. The average molecular weight is 486 g/mol. The number of aryl methyl sites for hydroxylation is 2. The van der Waals surface area contributed by atoms with Gasteiger partial charge in [0.2, 0.25) is 0 Å². The summed E-state index contributed by atoms with van der Waals surface area (Å²) in [4.78, 5) is 45.8. The van der Waals surface area contributed by atoms with Crippen molar-refractivity contribution in [2.75, 3.05) is 13.2 Å². The number of nitriles is 1. The Balaban J connectivity index is 1.99. The number of amides is 1. The third-order valence-electron chi connectivity index (χ3n) is 5.65. The van der Waals surface area contributed by atoms with Crippen LogP contribution in [0.5, 0.6) is 0 Å². The number of pyridine rings is 2. The molecule has 11 heteroatoms. The SMILES string of the molecule is CCOCCCn1c(=NC(=O)c2ccc(C)c([N+](=O)[O-])c2)c(C#N)cc2c(=O)n3ccccc3nc21. The van der Waals surface area contributed by atoms with Crippen LogP contribution in [0.1, 0.15) is 34.8 Å². The Morgan fingerprint density at radius 1 is 1.28 bits per heavy atom. The van der Waals surface area contributed by atoms with Crippen molar-refractivity contribution >= 4 is 28.3 Å². The predicted octanol–water partition coefficient (Wildman–Crippen LogP) is 2.91. The van der Waals surface area contributed by atoms with Gasteiger partial charge in [0.05, 0.1) is 15.9 Å². The molecule has 36 heavy (non-hydrogen) atoms. The van der Waals surface area contributed by atoms with Crippen LogP contribution in [0.3, 0.4) is 0 Å². The first-order valence-corrected chi connectivity index (χ1v) is 11.2. The lowest BCUT2D eigenvalue weighted by molar-refractivity contribution is -0.385. The molecule has 11 nitrogen and oxygen atoms in total. The van der Waals surface area contributed by atoms with E-state index in [9.17, 15) is 25.0 Å². The molecule has 1 aromatic carbocycles. The average Bonchev–Trinajstić information content (AvgIpc) is 2.87. The van der Waals surface area contributed by atoms with E-state index in [1.807, 2.05) is 13.0 Å². The molecule has 4 aromatic rings. The molecular formula is C25H22N6O5. The van der Waals surface area contributed by atoms with Crippen molar-refractivity contribution in [1.82, 2.24) is 14.0 Å². The van der Waals surface area contributed by atoms with Gasteiger partial charge in [0.15, 0.2) is 5.49 Å². The van der Waals surface area contributed by atoms with Crippen LogP contribution in [0.25, 0.3) is 16.7 Å². The van der Waals surface area contributed by atoms with Gasteiger partial charge in [0.1, 0.15) is 17.4 Å². The minimum atomic E-state index is -0.759. The van der Waals surface area contributed by atoms with E-state index in [2.05, 4.69) is 9.98 Å². The molecule has 1 amide bonds. The van der Waals surface area contributed by atoms with Crippen molar-refractivity contribution in [3.05, 3.63) is 91.3 Å². The maximum atomic E-state index is 13.2. The molecule has 0 aliphatic heterocycles. The fourth-order valence-electron chi connectivity index (χ4n) is 3.86. The predicted molar refractivity (Wildman–Crippen MR) is 131 cm³/mol. The Hall–Kier alpha value is -4.69. The van der Waals surface area contributed by atoms with Crippen molar-refractivity contribution in [3.63, 3.8) is 0 Å². The number of hydrogen-bond donors (Lipinski definition) is 0. The Labute approximate surface area is 204 Å². The zero-order valence-corrected chi connectivity index (χ0v) is 19.7. The third kappa shape index (κ3) is 4.62. The van der Waals surface area contributed by atoms with Crippen molar-refractivity contribution in [1.29, 1.82) is 5.26 Å². The zero-order valence-electron chi connectivity index (χ0n) is 19.7. The number of ether oxygens (including phenoxy) is 1. The van der Waals surface area contributed by atoms with Crippen LogP contribution in [0, 0.1) is 28.4 Å². The van der Waals surface area contributed by atoms with E-state index in [0.717, 1.165) is 6.07 Å². The number of nitro groups is 1. The molecule has 0 aliphatic carbocycles. The third-order valence-corrected chi connectivity index (χ3v) is 5.65. The van der Waals surface area contributed by atoms with Crippen molar-refractivity contribution in [2.45, 2.75) is 26.8 Å². The van der Waals surface area contributed by atoms with Gasteiger partial charge in [-0.2, -0.15) is 10.3 Å². The first-order valence-electron chi connectivity index (χ1n) is 11.2. The number of hydrogen-bond acceptors (Lipinski definition) is 7. The molecule has 3 aromatic heterocycles. The lowest BCUT2D eigenvalue weighted by atomic mass is 10.1. The number of carbonyl (C=O) groups is 1. The number of carbonyl (C=O) groups excluding carboxylic acids is 1. The van der Waals surface area contributed by atoms with E-state index in [1.54, 1.807) is 35.9 Å². The Bertz CT molecular complexity index is 1680. The smallest absolute Gasteiger partial charge is 0.279 e. The lowest BCUT2D eigenvalue weighted by Crippen LogP contribution is -2.30. The number of nitro benzene ring substituents is 1. The molecule has 0 saturated heterocycles. The molecule has 0 radical (unpaired) electrons. The summed E-state index contributed by atoms with van der Waals surface area (Å²) in [5.41, 5.74) is 0.517. The summed E-state index contributed by atoms with van der Waals surface area (Å²) < 4.78 is 8.36. The summed E-state index contributed by atoms with van der Waals surface area (Å²) in [6.45, 7) is 4.64. The molecule has 182 valence electrons. The summed E-state index contributed by atoms with van der Waals surface area (Å²) >= 11 is 0. The van der Waals surface area contributed by atoms with Gasteiger partial charge < -0.3 is 9.30 Å². The largest absolute Gasteiger partial charge is 0.382 e. The van der Waals surface area contributed by atoms with E-state index in [4.69, 9.17) is 4.74 Å². The molecule has 0 spiro atoms. The van der Waals surface area contributed by atoms with Crippen LogP contribution in [-0.2, 0) is 11.3 Å². The van der Waals surface area contributed by atoms with E-state index in [0.29, 0.717) is 30.8 Å². The highest BCUT2D eigenvalue weighted by molar-refractivity contribution is 5.95. The molecule has 0 atom stereocenters. The normalized spacial score (nSPS) is 11.6. The van der Waals surface area contributed by atoms with E-state index < -0.39 is 10.8 Å². The monoisotopic (exact) mass is 486 g/mol. The summed E-state index contributed by atoms with van der Waals surface area (Å²) in [6, 6.07) is 12.6. The van der Waals surface area contributed by atoms with Gasteiger partial charge in [0, 0.05) is 43.1 Å². The van der Waals surface area contributed by atoms with Crippen LogP contribution in [0.4, 0.5) is 5.69 Å². The van der Waals surface area contributed by atoms with Gasteiger partial charge in [-0.15, -0.1) is 0 Å². The second-order valence-electron chi connectivity index (χ2n) is 7.95. The summed E-state index contributed by atoms with van der Waals surface area (Å²) in [5, 5.41) is 21.4. The van der Waals surface area contributed by atoms with Crippen LogP contribution in [-0.4, -0.2) is 38.0 Å². The van der Waals surface area contributed by atoms with E-state index in [1.165, 1.54) is 22.6 Å². The molecule has 0 bridgehead atoms. The van der Waals surface area contributed by atoms with Crippen LogP contribution in [0.2, 0.25) is 0 Å².